The number of hydrogen-bond donors (Lipinski definition) is 2. The van der Waals surface area contributed by atoms with E-state index >= 15 is 0 Å². The Labute approximate surface area is 111 Å². The lowest BCUT2D eigenvalue weighted by Gasteiger charge is -2.17. The van der Waals surface area contributed by atoms with Crippen LogP contribution >= 0.6 is 0 Å². The lowest BCUT2D eigenvalue weighted by molar-refractivity contribution is -0.141. The fraction of sp³-hybridized carbons (Fsp3) is 0.636. The van der Waals surface area contributed by atoms with Crippen LogP contribution in [0.3, 0.4) is 0 Å². The minimum absolute atomic E-state index is 0.00328. The molecule has 1 heterocycles. The maximum atomic E-state index is 12.3. The maximum Gasteiger partial charge on any atom is 0.308 e. The molecule has 2 atom stereocenters. The summed E-state index contributed by atoms with van der Waals surface area (Å²) in [5.41, 5.74) is 0.273. The molecule has 7 nitrogen and oxygen atoms in total. The van der Waals surface area contributed by atoms with Crippen LogP contribution in [0.5, 0.6) is 0 Å². The lowest BCUT2D eigenvalue weighted by atomic mass is 10.1. The smallest absolute Gasteiger partial charge is 0.308 e. The lowest BCUT2D eigenvalue weighted by Crippen LogP contribution is -2.40. The van der Waals surface area contributed by atoms with E-state index in [1.54, 1.807) is 0 Å². The van der Waals surface area contributed by atoms with Gasteiger partial charge in [-0.05, 0) is 26.7 Å². The van der Waals surface area contributed by atoms with Gasteiger partial charge in [-0.15, -0.1) is 0 Å². The summed E-state index contributed by atoms with van der Waals surface area (Å²) in [6, 6.07) is -0.573. The molecular formula is C11H16N2O5S. The van der Waals surface area contributed by atoms with Crippen molar-refractivity contribution in [2.24, 2.45) is 5.92 Å². The van der Waals surface area contributed by atoms with Gasteiger partial charge in [0.25, 0.3) is 0 Å². The molecule has 2 rings (SSSR count). The Bertz CT molecular complexity index is 573. The van der Waals surface area contributed by atoms with Gasteiger partial charge in [-0.3, -0.25) is 4.79 Å². The normalized spacial score (nSPS) is 23.7. The number of rotatable bonds is 4. The fourth-order valence-electron chi connectivity index (χ4n) is 2.51. The molecule has 0 bridgehead atoms. The van der Waals surface area contributed by atoms with Gasteiger partial charge in [0, 0.05) is 6.04 Å². The SMILES string of the molecule is Cc1noc(C)c1S(=O)(=O)NC1CCCC1C(=O)O. The standard InChI is InChI=1S/C11H16N2O5S/c1-6-10(7(2)18-12-6)19(16,17)13-9-5-3-4-8(9)11(14)15/h8-9,13H,3-5H2,1-2H3,(H,14,15). The van der Waals surface area contributed by atoms with Gasteiger partial charge in [0.1, 0.15) is 10.6 Å². The molecule has 2 unspecified atom stereocenters. The van der Waals surface area contributed by atoms with Crippen molar-refractivity contribution in [3.05, 3.63) is 11.5 Å². The average molecular weight is 288 g/mol. The predicted octanol–water partition coefficient (Wildman–Crippen LogP) is 0.823. The summed E-state index contributed by atoms with van der Waals surface area (Å²) < 4.78 is 31.8. The zero-order chi connectivity index (χ0) is 14.2. The summed E-state index contributed by atoms with van der Waals surface area (Å²) >= 11 is 0. The first-order valence-electron chi connectivity index (χ1n) is 6.01. The van der Waals surface area contributed by atoms with Crippen LogP contribution in [0.2, 0.25) is 0 Å². The van der Waals surface area contributed by atoms with Crippen LogP contribution in [0.15, 0.2) is 9.42 Å². The Morgan fingerprint density at radius 1 is 1.42 bits per heavy atom. The van der Waals surface area contributed by atoms with Gasteiger partial charge < -0.3 is 9.63 Å². The Hall–Kier alpha value is -1.41. The third-order valence-electron chi connectivity index (χ3n) is 3.38. The highest BCUT2D eigenvalue weighted by atomic mass is 32.2. The summed E-state index contributed by atoms with van der Waals surface area (Å²) in [5.74, 6) is -1.44. The van der Waals surface area contributed by atoms with Crippen molar-refractivity contribution in [3.8, 4) is 0 Å². The summed E-state index contributed by atoms with van der Waals surface area (Å²) in [6.07, 6.45) is 1.72. The van der Waals surface area contributed by atoms with Gasteiger partial charge in [-0.1, -0.05) is 11.6 Å². The topological polar surface area (TPSA) is 110 Å². The molecule has 2 N–H and O–H groups in total. The van der Waals surface area contributed by atoms with Crippen LogP contribution < -0.4 is 4.72 Å². The number of sulfonamides is 1. The van der Waals surface area contributed by atoms with E-state index in [1.165, 1.54) is 13.8 Å². The number of nitrogens with one attached hydrogen (secondary N) is 1. The van der Waals surface area contributed by atoms with E-state index in [1.807, 2.05) is 0 Å². The monoisotopic (exact) mass is 288 g/mol. The van der Waals surface area contributed by atoms with Crippen LogP contribution in [0.1, 0.15) is 30.7 Å². The number of aliphatic carboxylic acids is 1. The number of aryl methyl sites for hydroxylation is 2. The second-order valence-electron chi connectivity index (χ2n) is 4.76. The fourth-order valence-corrected chi connectivity index (χ4v) is 4.15. The van der Waals surface area contributed by atoms with Crippen LogP contribution in [0.4, 0.5) is 0 Å². The highest BCUT2D eigenvalue weighted by Crippen LogP contribution is 2.28. The van der Waals surface area contributed by atoms with Gasteiger partial charge >= 0.3 is 5.97 Å². The number of nitrogens with zero attached hydrogens (tertiary/aromatic N) is 1. The second-order valence-corrected chi connectivity index (χ2v) is 6.41. The van der Waals surface area contributed by atoms with Gasteiger partial charge in [0.05, 0.1) is 5.92 Å². The molecule has 1 aromatic heterocycles. The zero-order valence-electron chi connectivity index (χ0n) is 10.7. The Balaban J connectivity index is 2.25. The number of carboxylic acid groups (broad SMARTS) is 1. The Morgan fingerprint density at radius 3 is 2.63 bits per heavy atom. The first-order valence-corrected chi connectivity index (χ1v) is 7.49. The third kappa shape index (κ3) is 2.64. The van der Waals surface area contributed by atoms with Gasteiger partial charge in [0.15, 0.2) is 5.76 Å². The molecule has 1 aliphatic carbocycles. The number of carboxylic acids is 1. The molecule has 1 fully saturated rings. The first kappa shape index (κ1) is 14.0. The highest BCUT2D eigenvalue weighted by Gasteiger charge is 2.37. The van der Waals surface area contributed by atoms with Crippen molar-refractivity contribution in [3.63, 3.8) is 0 Å². The van der Waals surface area contributed by atoms with Crippen LogP contribution in [-0.2, 0) is 14.8 Å². The van der Waals surface area contributed by atoms with Gasteiger partial charge in [-0.2, -0.15) is 0 Å². The average Bonchev–Trinajstić information content (AvgIpc) is 2.85. The molecule has 19 heavy (non-hydrogen) atoms. The minimum Gasteiger partial charge on any atom is -0.481 e. The Kier molecular flexibility index (Phi) is 3.64. The first-order chi connectivity index (χ1) is 8.83. The molecule has 8 heteroatoms. The van der Waals surface area contributed by atoms with E-state index in [0.29, 0.717) is 19.3 Å². The molecular weight excluding hydrogens is 272 g/mol. The van der Waals surface area contributed by atoms with Gasteiger partial charge in [0.2, 0.25) is 10.0 Å². The van der Waals surface area contributed by atoms with Crippen LogP contribution in [0.25, 0.3) is 0 Å². The third-order valence-corrected chi connectivity index (χ3v) is 5.11. The molecule has 1 aromatic rings. The molecule has 0 radical (unpaired) electrons. The number of aromatic nitrogens is 1. The molecule has 0 aliphatic heterocycles. The van der Waals surface area contributed by atoms with E-state index in [0.717, 1.165) is 0 Å². The molecule has 1 saturated carbocycles. The van der Waals surface area contributed by atoms with Crippen molar-refractivity contribution in [2.45, 2.75) is 44.0 Å². The van der Waals surface area contributed by atoms with Crippen molar-refractivity contribution >= 4 is 16.0 Å². The number of carbonyl (C=O) groups is 1. The summed E-state index contributed by atoms with van der Waals surface area (Å²) in [7, 11) is -3.80. The highest BCUT2D eigenvalue weighted by molar-refractivity contribution is 7.89. The van der Waals surface area contributed by atoms with Crippen molar-refractivity contribution in [2.75, 3.05) is 0 Å². The molecule has 1 aliphatic rings. The molecule has 0 spiro atoms. The predicted molar refractivity (Wildman–Crippen MR) is 65.1 cm³/mol. The number of hydrogen-bond acceptors (Lipinski definition) is 5. The zero-order valence-corrected chi connectivity index (χ0v) is 11.5. The minimum atomic E-state index is -3.80. The van der Waals surface area contributed by atoms with E-state index < -0.39 is 28.0 Å². The second kappa shape index (κ2) is 4.93. The van der Waals surface area contributed by atoms with Crippen molar-refractivity contribution < 1.29 is 22.8 Å². The van der Waals surface area contributed by atoms with Gasteiger partial charge in [-0.25, -0.2) is 13.1 Å². The molecule has 0 aromatic carbocycles. The largest absolute Gasteiger partial charge is 0.481 e. The van der Waals surface area contributed by atoms with Crippen LogP contribution in [-0.4, -0.2) is 30.7 Å². The van der Waals surface area contributed by atoms with E-state index in [4.69, 9.17) is 9.63 Å². The molecule has 0 amide bonds. The van der Waals surface area contributed by atoms with E-state index in [9.17, 15) is 13.2 Å². The summed E-state index contributed by atoms with van der Waals surface area (Å²) in [4.78, 5) is 11.1. The van der Waals surface area contributed by atoms with Crippen molar-refractivity contribution in [1.29, 1.82) is 0 Å². The molecule has 106 valence electrons. The summed E-state index contributed by atoms with van der Waals surface area (Å²) in [5, 5.41) is 12.7. The maximum absolute atomic E-state index is 12.3. The van der Waals surface area contributed by atoms with Crippen molar-refractivity contribution in [1.82, 2.24) is 9.88 Å². The Morgan fingerprint density at radius 2 is 2.11 bits per heavy atom. The molecule has 0 saturated heterocycles. The van der Waals surface area contributed by atoms with E-state index in [-0.39, 0.29) is 16.3 Å². The van der Waals surface area contributed by atoms with Crippen LogP contribution in [0, 0.1) is 19.8 Å². The van der Waals surface area contributed by atoms with E-state index in [2.05, 4.69) is 9.88 Å². The quantitative estimate of drug-likeness (QED) is 0.849. The summed E-state index contributed by atoms with van der Waals surface area (Å²) in [6.45, 7) is 3.05.